The minimum absolute atomic E-state index is 0.329. The normalized spacial score (nSPS) is 12.1. The van der Waals surface area contributed by atoms with E-state index in [1.165, 1.54) is 26.4 Å². The van der Waals surface area contributed by atoms with Crippen molar-refractivity contribution >= 4 is 11.6 Å². The fourth-order valence-corrected chi connectivity index (χ4v) is 2.60. The molecule has 0 aliphatic carbocycles. The van der Waals surface area contributed by atoms with Gasteiger partial charge in [-0.1, -0.05) is 17.7 Å². The Morgan fingerprint density at radius 2 is 1.81 bits per heavy atom. The molecule has 2 aromatic rings. The molecular formula is C16H17ClFNO2. The summed E-state index contributed by atoms with van der Waals surface area (Å²) in [6.07, 6.45) is 0. The Hall–Kier alpha value is -1.78. The third kappa shape index (κ3) is 2.96. The fraction of sp³-hybridized carbons (Fsp3) is 0.250. The molecule has 5 heteroatoms. The van der Waals surface area contributed by atoms with Crippen LogP contribution in [0.2, 0.25) is 5.02 Å². The van der Waals surface area contributed by atoms with Crippen LogP contribution in [0, 0.1) is 12.7 Å². The lowest BCUT2D eigenvalue weighted by Gasteiger charge is -2.20. The quantitative estimate of drug-likeness (QED) is 0.933. The number of nitrogens with two attached hydrogens (primary N) is 1. The number of benzene rings is 2. The van der Waals surface area contributed by atoms with Crippen molar-refractivity contribution < 1.29 is 13.9 Å². The maximum Gasteiger partial charge on any atom is 0.146 e. The van der Waals surface area contributed by atoms with Crippen molar-refractivity contribution in [1.82, 2.24) is 0 Å². The van der Waals surface area contributed by atoms with E-state index in [1.807, 2.05) is 6.92 Å². The van der Waals surface area contributed by atoms with Gasteiger partial charge in [0.1, 0.15) is 22.3 Å². The van der Waals surface area contributed by atoms with Gasteiger partial charge in [0.05, 0.1) is 20.3 Å². The molecule has 0 heterocycles. The lowest BCUT2D eigenvalue weighted by atomic mass is 9.95. The van der Waals surface area contributed by atoms with Crippen molar-refractivity contribution in [3.63, 3.8) is 0 Å². The number of rotatable bonds is 4. The van der Waals surface area contributed by atoms with Crippen molar-refractivity contribution in [2.75, 3.05) is 14.2 Å². The average molecular weight is 310 g/mol. The second-order valence-electron chi connectivity index (χ2n) is 4.68. The van der Waals surface area contributed by atoms with Gasteiger partial charge in [0, 0.05) is 5.56 Å². The van der Waals surface area contributed by atoms with E-state index in [0.717, 1.165) is 5.56 Å². The van der Waals surface area contributed by atoms with E-state index in [9.17, 15) is 4.39 Å². The number of ether oxygens (including phenoxy) is 2. The van der Waals surface area contributed by atoms with E-state index >= 15 is 0 Å². The zero-order chi connectivity index (χ0) is 15.6. The summed E-state index contributed by atoms with van der Waals surface area (Å²) in [6, 6.07) is 7.48. The third-order valence-corrected chi connectivity index (χ3v) is 3.79. The predicted octanol–water partition coefficient (Wildman–Crippen LogP) is 3.85. The second-order valence-corrected chi connectivity index (χ2v) is 5.06. The van der Waals surface area contributed by atoms with Crippen LogP contribution in [0.25, 0.3) is 0 Å². The van der Waals surface area contributed by atoms with Gasteiger partial charge in [-0.2, -0.15) is 0 Å². The van der Waals surface area contributed by atoms with Crippen LogP contribution in [0.1, 0.15) is 22.7 Å². The zero-order valence-corrected chi connectivity index (χ0v) is 12.9. The van der Waals surface area contributed by atoms with Gasteiger partial charge in [-0.05, 0) is 42.3 Å². The SMILES string of the molecule is COc1ccc(C(N)c2cc(F)ccc2C)c(OC)c1Cl. The molecule has 0 aliphatic rings. The lowest BCUT2D eigenvalue weighted by Crippen LogP contribution is -2.15. The molecule has 0 aliphatic heterocycles. The van der Waals surface area contributed by atoms with Gasteiger partial charge in [0.25, 0.3) is 0 Å². The lowest BCUT2D eigenvalue weighted by molar-refractivity contribution is 0.390. The van der Waals surface area contributed by atoms with Crippen LogP contribution in [0.3, 0.4) is 0 Å². The van der Waals surface area contributed by atoms with E-state index in [-0.39, 0.29) is 5.82 Å². The first-order chi connectivity index (χ1) is 9.99. The highest BCUT2D eigenvalue weighted by atomic mass is 35.5. The van der Waals surface area contributed by atoms with Gasteiger partial charge < -0.3 is 15.2 Å². The Morgan fingerprint density at radius 1 is 1.10 bits per heavy atom. The summed E-state index contributed by atoms with van der Waals surface area (Å²) in [5.41, 5.74) is 8.54. The number of aryl methyl sites for hydroxylation is 1. The van der Waals surface area contributed by atoms with Crippen molar-refractivity contribution in [3.05, 3.63) is 57.9 Å². The molecule has 0 amide bonds. The standard InChI is InChI=1S/C16H17ClFNO2/c1-9-4-5-10(18)8-12(9)15(19)11-6-7-13(20-2)14(17)16(11)21-3/h4-8,15H,19H2,1-3H3. The van der Waals surface area contributed by atoms with Crippen molar-refractivity contribution in [2.24, 2.45) is 5.73 Å². The minimum atomic E-state index is -0.543. The first-order valence-corrected chi connectivity index (χ1v) is 6.79. The molecule has 2 N–H and O–H groups in total. The number of halogens is 2. The van der Waals surface area contributed by atoms with Crippen LogP contribution in [-0.4, -0.2) is 14.2 Å². The summed E-state index contributed by atoms with van der Waals surface area (Å²) >= 11 is 6.24. The summed E-state index contributed by atoms with van der Waals surface area (Å²) in [6.45, 7) is 1.88. The minimum Gasteiger partial charge on any atom is -0.495 e. The molecule has 0 spiro atoms. The average Bonchev–Trinajstić information content (AvgIpc) is 2.48. The van der Waals surface area contributed by atoms with Crippen LogP contribution in [0.4, 0.5) is 4.39 Å². The largest absolute Gasteiger partial charge is 0.495 e. The number of hydrogen-bond donors (Lipinski definition) is 1. The molecule has 112 valence electrons. The highest BCUT2D eigenvalue weighted by Crippen LogP contribution is 2.40. The number of methoxy groups -OCH3 is 2. The topological polar surface area (TPSA) is 44.5 Å². The van der Waals surface area contributed by atoms with Crippen molar-refractivity contribution in [2.45, 2.75) is 13.0 Å². The predicted molar refractivity (Wildman–Crippen MR) is 81.7 cm³/mol. The molecular weight excluding hydrogens is 293 g/mol. The molecule has 1 unspecified atom stereocenters. The molecule has 0 fully saturated rings. The van der Waals surface area contributed by atoms with Gasteiger partial charge in [-0.3, -0.25) is 0 Å². The van der Waals surface area contributed by atoms with Crippen LogP contribution >= 0.6 is 11.6 Å². The first-order valence-electron chi connectivity index (χ1n) is 6.41. The van der Waals surface area contributed by atoms with Gasteiger partial charge in [0.2, 0.25) is 0 Å². The highest BCUT2D eigenvalue weighted by molar-refractivity contribution is 6.33. The second kappa shape index (κ2) is 6.33. The van der Waals surface area contributed by atoms with Crippen LogP contribution in [0.15, 0.2) is 30.3 Å². The Labute approximate surface area is 128 Å². The van der Waals surface area contributed by atoms with E-state index in [2.05, 4.69) is 0 Å². The van der Waals surface area contributed by atoms with Gasteiger partial charge >= 0.3 is 0 Å². The van der Waals surface area contributed by atoms with E-state index < -0.39 is 6.04 Å². The van der Waals surface area contributed by atoms with Gasteiger partial charge in [-0.25, -0.2) is 4.39 Å². The van der Waals surface area contributed by atoms with E-state index in [0.29, 0.717) is 27.6 Å². The van der Waals surface area contributed by atoms with Crippen LogP contribution < -0.4 is 15.2 Å². The van der Waals surface area contributed by atoms with Crippen LogP contribution in [0.5, 0.6) is 11.5 Å². The Kier molecular flexibility index (Phi) is 4.70. The maximum atomic E-state index is 13.5. The van der Waals surface area contributed by atoms with E-state index in [1.54, 1.807) is 18.2 Å². The summed E-state index contributed by atoms with van der Waals surface area (Å²) in [5.74, 6) is 0.609. The molecule has 3 nitrogen and oxygen atoms in total. The smallest absolute Gasteiger partial charge is 0.146 e. The van der Waals surface area contributed by atoms with Crippen molar-refractivity contribution in [1.29, 1.82) is 0 Å². The molecule has 2 rings (SSSR count). The summed E-state index contributed by atoms with van der Waals surface area (Å²) in [5, 5.41) is 0.349. The van der Waals surface area contributed by atoms with Crippen LogP contribution in [-0.2, 0) is 0 Å². The van der Waals surface area contributed by atoms with E-state index in [4.69, 9.17) is 26.8 Å². The molecule has 0 saturated carbocycles. The summed E-state index contributed by atoms with van der Waals surface area (Å²) < 4.78 is 24.0. The first kappa shape index (κ1) is 15.6. The summed E-state index contributed by atoms with van der Waals surface area (Å²) in [4.78, 5) is 0. The highest BCUT2D eigenvalue weighted by Gasteiger charge is 2.20. The van der Waals surface area contributed by atoms with Gasteiger partial charge in [-0.15, -0.1) is 0 Å². The molecule has 0 bridgehead atoms. The monoisotopic (exact) mass is 309 g/mol. The van der Waals surface area contributed by atoms with Gasteiger partial charge in [0.15, 0.2) is 0 Å². The van der Waals surface area contributed by atoms with Crippen molar-refractivity contribution in [3.8, 4) is 11.5 Å². The Morgan fingerprint density at radius 3 is 2.43 bits per heavy atom. The Bertz CT molecular complexity index is 661. The molecule has 1 atom stereocenters. The molecule has 0 radical (unpaired) electrons. The molecule has 0 aromatic heterocycles. The fourth-order valence-electron chi connectivity index (χ4n) is 2.28. The molecule has 21 heavy (non-hydrogen) atoms. The zero-order valence-electron chi connectivity index (χ0n) is 12.1. The summed E-state index contributed by atoms with van der Waals surface area (Å²) in [7, 11) is 3.03. The molecule has 0 saturated heterocycles. The Balaban J connectivity index is 2.55. The molecule has 2 aromatic carbocycles. The number of hydrogen-bond acceptors (Lipinski definition) is 3. The maximum absolute atomic E-state index is 13.5. The third-order valence-electron chi connectivity index (χ3n) is 3.43.